The Kier molecular flexibility index (Phi) is 3.04. The van der Waals surface area contributed by atoms with Crippen molar-refractivity contribution in [2.24, 2.45) is 0 Å². The number of benzene rings is 2. The molecule has 3 fully saturated rings. The van der Waals surface area contributed by atoms with Crippen molar-refractivity contribution in [1.29, 1.82) is 5.26 Å². The third kappa shape index (κ3) is 1.80. The van der Waals surface area contributed by atoms with Gasteiger partial charge in [0.2, 0.25) is 0 Å². The van der Waals surface area contributed by atoms with E-state index in [1.54, 1.807) is 30.3 Å². The summed E-state index contributed by atoms with van der Waals surface area (Å²) in [6, 6.07) is 11.3. The van der Waals surface area contributed by atoms with Crippen LogP contribution in [0.15, 0.2) is 36.4 Å². The first-order valence-corrected chi connectivity index (χ1v) is 8.83. The summed E-state index contributed by atoms with van der Waals surface area (Å²) in [6.07, 6.45) is 0.479. The number of urea groups is 1. The van der Waals surface area contributed by atoms with E-state index in [0.717, 1.165) is 0 Å². The van der Waals surface area contributed by atoms with Crippen molar-refractivity contribution in [3.63, 3.8) is 0 Å². The predicted molar refractivity (Wildman–Crippen MR) is 97.0 cm³/mol. The van der Waals surface area contributed by atoms with E-state index in [2.05, 4.69) is 11.4 Å². The second-order valence-corrected chi connectivity index (χ2v) is 7.34. The van der Waals surface area contributed by atoms with Gasteiger partial charge in [0.15, 0.2) is 5.78 Å². The van der Waals surface area contributed by atoms with E-state index >= 15 is 0 Å². The summed E-state index contributed by atoms with van der Waals surface area (Å²) in [5.74, 6) is -0.428. The normalized spacial score (nSPS) is 28.7. The van der Waals surface area contributed by atoms with Gasteiger partial charge in [-0.3, -0.25) is 14.5 Å². The van der Waals surface area contributed by atoms with E-state index in [9.17, 15) is 19.6 Å². The van der Waals surface area contributed by atoms with Crippen molar-refractivity contribution in [1.82, 2.24) is 10.2 Å². The molecule has 5 rings (SSSR count). The molecular weight excluding hydrogens is 344 g/mol. The Hall–Kier alpha value is -3.24. The van der Waals surface area contributed by atoms with Gasteiger partial charge in [-0.15, -0.1) is 0 Å². The second kappa shape index (κ2) is 5.15. The van der Waals surface area contributed by atoms with Crippen LogP contribution in [0.3, 0.4) is 0 Å². The summed E-state index contributed by atoms with van der Waals surface area (Å²) in [4.78, 5) is 41.5. The van der Waals surface area contributed by atoms with Crippen molar-refractivity contribution in [3.05, 3.63) is 42.0 Å². The minimum atomic E-state index is -0.945. The lowest BCUT2D eigenvalue weighted by atomic mass is 9.94. The van der Waals surface area contributed by atoms with Gasteiger partial charge in [-0.2, -0.15) is 5.26 Å². The number of piperazine rings is 1. The minimum Gasteiger partial charge on any atom is -0.308 e. The van der Waals surface area contributed by atoms with Crippen molar-refractivity contribution < 1.29 is 14.4 Å². The fourth-order valence-corrected chi connectivity index (χ4v) is 4.82. The first-order valence-electron chi connectivity index (χ1n) is 8.83. The van der Waals surface area contributed by atoms with Gasteiger partial charge < -0.3 is 5.32 Å². The molecule has 7 nitrogen and oxygen atoms in total. The number of rotatable bonds is 2. The fraction of sp³-hybridized carbons (Fsp3) is 0.300. The maximum atomic E-state index is 13.3. The lowest BCUT2D eigenvalue weighted by molar-refractivity contribution is -0.127. The fourth-order valence-electron chi connectivity index (χ4n) is 4.82. The number of nitrogens with one attached hydrogen (secondary N) is 1. The van der Waals surface area contributed by atoms with Crippen LogP contribution in [0.5, 0.6) is 0 Å². The summed E-state index contributed by atoms with van der Waals surface area (Å²) in [5.41, 5.74) is -0.0119. The summed E-state index contributed by atoms with van der Waals surface area (Å²) < 4.78 is 0. The number of carbonyl (C=O) groups is 3. The number of nitrogens with zero attached hydrogens (tertiary/aromatic N) is 3. The van der Waals surface area contributed by atoms with Crippen molar-refractivity contribution in [2.45, 2.75) is 31.0 Å². The highest BCUT2D eigenvalue weighted by molar-refractivity contribution is 6.26. The molecule has 3 aliphatic rings. The molecule has 27 heavy (non-hydrogen) atoms. The molecule has 3 aliphatic heterocycles. The Balaban J connectivity index is 1.68. The second-order valence-electron chi connectivity index (χ2n) is 7.34. The minimum absolute atomic E-state index is 0.104. The van der Waals surface area contributed by atoms with E-state index in [4.69, 9.17) is 0 Å². The molecule has 3 unspecified atom stereocenters. The van der Waals surface area contributed by atoms with Crippen LogP contribution >= 0.6 is 0 Å². The number of nitriles is 1. The van der Waals surface area contributed by atoms with Gasteiger partial charge in [0.05, 0.1) is 17.3 Å². The zero-order valence-electron chi connectivity index (χ0n) is 14.6. The molecule has 2 bridgehead atoms. The van der Waals surface area contributed by atoms with Crippen LogP contribution in [-0.4, -0.2) is 46.8 Å². The van der Waals surface area contributed by atoms with Gasteiger partial charge in [-0.25, -0.2) is 9.69 Å². The van der Waals surface area contributed by atoms with Crippen molar-refractivity contribution in [3.8, 4) is 6.07 Å². The van der Waals surface area contributed by atoms with E-state index in [1.807, 2.05) is 6.07 Å². The number of hydrogen-bond donors (Lipinski definition) is 1. The summed E-state index contributed by atoms with van der Waals surface area (Å²) >= 11 is 0. The van der Waals surface area contributed by atoms with Crippen molar-refractivity contribution >= 4 is 34.2 Å². The molecule has 2 aromatic rings. The Labute approximate surface area is 155 Å². The highest BCUT2D eigenvalue weighted by atomic mass is 16.2. The monoisotopic (exact) mass is 360 g/mol. The number of ketones is 1. The Morgan fingerprint density at radius 3 is 2.67 bits per heavy atom. The number of Topliss-reactive ketones (excluding diaryl/α,β-unsaturated/α-hetero) is 1. The molecule has 7 heteroatoms. The van der Waals surface area contributed by atoms with Gasteiger partial charge >= 0.3 is 6.03 Å². The molecule has 134 valence electrons. The van der Waals surface area contributed by atoms with E-state index in [-0.39, 0.29) is 17.7 Å². The van der Waals surface area contributed by atoms with Crippen LogP contribution in [0.2, 0.25) is 0 Å². The van der Waals surface area contributed by atoms with Crippen molar-refractivity contribution in [2.75, 3.05) is 11.4 Å². The summed E-state index contributed by atoms with van der Waals surface area (Å²) in [5, 5.41) is 13.9. The van der Waals surface area contributed by atoms with Gasteiger partial charge in [0.1, 0.15) is 11.6 Å². The Morgan fingerprint density at radius 2 is 1.96 bits per heavy atom. The Morgan fingerprint density at radius 1 is 1.22 bits per heavy atom. The lowest BCUT2D eigenvalue weighted by Crippen LogP contribution is -2.60. The molecule has 1 N–H and O–H groups in total. The average Bonchev–Trinajstić information content (AvgIpc) is 3.33. The van der Waals surface area contributed by atoms with E-state index < -0.39 is 17.6 Å². The van der Waals surface area contributed by atoms with Gasteiger partial charge in [0, 0.05) is 23.4 Å². The van der Waals surface area contributed by atoms with Gasteiger partial charge in [-0.1, -0.05) is 24.3 Å². The predicted octanol–water partition coefficient (Wildman–Crippen LogP) is 1.55. The van der Waals surface area contributed by atoms with E-state index in [1.165, 1.54) is 16.7 Å². The average molecular weight is 360 g/mol. The SMILES string of the molecule is CC(=O)C12CNC(C1)C1C(=O)N(c3ccc(C#N)c4ccccc34)C(=O)N12. The molecule has 0 spiro atoms. The first kappa shape index (κ1) is 16.0. The molecule has 3 saturated heterocycles. The molecule has 0 aromatic heterocycles. The Bertz CT molecular complexity index is 1090. The van der Waals surface area contributed by atoms with Gasteiger partial charge in [0.25, 0.3) is 5.91 Å². The number of carbonyl (C=O) groups excluding carboxylic acids is 3. The number of hydrogen-bond acceptors (Lipinski definition) is 5. The number of imide groups is 1. The number of fused-ring (bicyclic) bond motifs is 6. The van der Waals surface area contributed by atoms with Gasteiger partial charge in [-0.05, 0) is 25.5 Å². The summed E-state index contributed by atoms with van der Waals surface area (Å²) in [7, 11) is 0. The molecule has 0 saturated carbocycles. The number of anilines is 1. The third-order valence-corrected chi connectivity index (χ3v) is 6.12. The highest BCUT2D eigenvalue weighted by Crippen LogP contribution is 2.46. The van der Waals surface area contributed by atoms with Crippen LogP contribution in [0.4, 0.5) is 10.5 Å². The topological polar surface area (TPSA) is 93.5 Å². The molecule has 3 atom stereocenters. The lowest BCUT2D eigenvalue weighted by Gasteiger charge is -2.35. The smallest absolute Gasteiger partial charge is 0.308 e. The largest absolute Gasteiger partial charge is 0.333 e. The molecule has 3 amide bonds. The van der Waals surface area contributed by atoms with Crippen LogP contribution in [0, 0.1) is 11.3 Å². The quantitative estimate of drug-likeness (QED) is 0.820. The zero-order valence-corrected chi connectivity index (χ0v) is 14.6. The summed E-state index contributed by atoms with van der Waals surface area (Å²) in [6.45, 7) is 1.86. The van der Waals surface area contributed by atoms with Crippen LogP contribution in [0.25, 0.3) is 10.8 Å². The molecule has 0 aliphatic carbocycles. The van der Waals surface area contributed by atoms with E-state index in [0.29, 0.717) is 35.0 Å². The highest BCUT2D eigenvalue weighted by Gasteiger charge is 2.68. The maximum Gasteiger partial charge on any atom is 0.333 e. The first-order chi connectivity index (χ1) is 13.0. The molecule has 2 aromatic carbocycles. The van der Waals surface area contributed by atoms with Crippen LogP contribution < -0.4 is 10.2 Å². The zero-order chi connectivity index (χ0) is 18.9. The van der Waals surface area contributed by atoms with Crippen LogP contribution in [0.1, 0.15) is 18.9 Å². The maximum absolute atomic E-state index is 13.3. The standard InChI is InChI=1S/C20H16N4O3/c1-11(25)20-8-15(22-10-20)17-18(26)23(19(27)24(17)20)16-7-6-12(9-21)13-4-2-3-5-14(13)16/h2-7,15,17,22H,8,10H2,1H3. The molecule has 0 radical (unpaired) electrons. The number of amides is 3. The van der Waals surface area contributed by atoms with Crippen LogP contribution in [-0.2, 0) is 9.59 Å². The molecule has 3 heterocycles. The third-order valence-electron chi connectivity index (χ3n) is 6.12. The molecular formula is C20H16N4O3.